The van der Waals surface area contributed by atoms with Crippen LogP contribution >= 0.6 is 0 Å². The molecule has 0 radical (unpaired) electrons. The summed E-state index contributed by atoms with van der Waals surface area (Å²) in [5.41, 5.74) is -0.0937. The Balaban J connectivity index is 1.88. The molecular weight excluding hydrogens is 186 g/mol. The number of hydrogen-bond acceptors (Lipinski definition) is 3. The Labute approximate surface area is 91.6 Å². The molecule has 3 fully saturated rings. The molecular formula is C12H19N3. The summed E-state index contributed by atoms with van der Waals surface area (Å²) in [6.45, 7) is 5.85. The fourth-order valence-electron chi connectivity index (χ4n) is 3.71. The summed E-state index contributed by atoms with van der Waals surface area (Å²) in [5, 5.41) is 9.61. The molecule has 3 unspecified atom stereocenters. The summed E-state index contributed by atoms with van der Waals surface area (Å²) in [5.74, 6) is 0.620. The van der Waals surface area contributed by atoms with E-state index >= 15 is 0 Å². The highest BCUT2D eigenvalue weighted by Crippen LogP contribution is 2.40. The second kappa shape index (κ2) is 3.47. The van der Waals surface area contributed by atoms with Gasteiger partial charge in [0.2, 0.25) is 0 Å². The van der Waals surface area contributed by atoms with E-state index < -0.39 is 0 Å². The van der Waals surface area contributed by atoms with Crippen molar-refractivity contribution in [1.29, 1.82) is 5.26 Å². The maximum atomic E-state index is 9.61. The van der Waals surface area contributed by atoms with E-state index in [4.69, 9.17) is 0 Å². The molecule has 3 saturated heterocycles. The molecule has 0 aromatic rings. The summed E-state index contributed by atoms with van der Waals surface area (Å²) in [6.07, 6.45) is 4.90. The van der Waals surface area contributed by atoms with Crippen LogP contribution in [0, 0.1) is 17.2 Å². The number of nitriles is 1. The second-order valence-electron chi connectivity index (χ2n) is 5.27. The van der Waals surface area contributed by atoms with Crippen molar-refractivity contribution in [2.75, 3.05) is 32.7 Å². The van der Waals surface area contributed by atoms with E-state index in [1.54, 1.807) is 0 Å². The van der Waals surface area contributed by atoms with Crippen molar-refractivity contribution < 1.29 is 0 Å². The molecule has 0 amide bonds. The molecule has 82 valence electrons. The molecule has 0 saturated carbocycles. The fourth-order valence-corrected chi connectivity index (χ4v) is 3.71. The lowest BCUT2D eigenvalue weighted by Crippen LogP contribution is -2.56. The minimum Gasteiger partial charge on any atom is -0.303 e. The predicted octanol–water partition coefficient (Wildman–Crippen LogP) is 1.07. The van der Waals surface area contributed by atoms with Crippen LogP contribution in [0.5, 0.6) is 0 Å². The van der Waals surface area contributed by atoms with Crippen LogP contribution in [0.1, 0.15) is 25.7 Å². The van der Waals surface area contributed by atoms with Gasteiger partial charge >= 0.3 is 0 Å². The first-order chi connectivity index (χ1) is 7.35. The van der Waals surface area contributed by atoms with Gasteiger partial charge in [-0.15, -0.1) is 0 Å². The van der Waals surface area contributed by atoms with E-state index in [0.29, 0.717) is 5.92 Å². The zero-order valence-corrected chi connectivity index (χ0v) is 9.28. The molecule has 15 heavy (non-hydrogen) atoms. The zero-order valence-electron chi connectivity index (χ0n) is 9.28. The smallest absolute Gasteiger partial charge is 0.114 e. The Morgan fingerprint density at radius 1 is 1.13 bits per heavy atom. The topological polar surface area (TPSA) is 30.3 Å². The average Bonchev–Trinajstić information content (AvgIpc) is 2.91. The summed E-state index contributed by atoms with van der Waals surface area (Å²) in [4.78, 5) is 5.01. The van der Waals surface area contributed by atoms with Gasteiger partial charge in [-0.05, 0) is 45.3 Å². The van der Waals surface area contributed by atoms with Gasteiger partial charge in [-0.2, -0.15) is 5.26 Å². The largest absolute Gasteiger partial charge is 0.303 e. The Hall–Kier alpha value is -0.590. The van der Waals surface area contributed by atoms with Gasteiger partial charge in [0.05, 0.1) is 6.07 Å². The first kappa shape index (κ1) is 9.62. The number of hydrogen-bond donors (Lipinski definition) is 0. The maximum absolute atomic E-state index is 9.61. The van der Waals surface area contributed by atoms with E-state index in [1.165, 1.54) is 32.4 Å². The molecule has 0 aliphatic carbocycles. The van der Waals surface area contributed by atoms with Crippen molar-refractivity contribution in [2.24, 2.45) is 5.92 Å². The molecule has 0 aromatic carbocycles. The standard InChI is InChI=1S/C12H19N3/c13-10-12(15-5-1-2-6-15)4-8-14-7-3-11(12)9-14/h11H,1-9H2. The third-order valence-corrected chi connectivity index (χ3v) is 4.62. The number of piperidine rings is 1. The van der Waals surface area contributed by atoms with Gasteiger partial charge in [0.1, 0.15) is 5.54 Å². The minimum atomic E-state index is -0.0937. The summed E-state index contributed by atoms with van der Waals surface area (Å²) in [7, 11) is 0. The van der Waals surface area contributed by atoms with Crippen LogP contribution in [0.15, 0.2) is 0 Å². The van der Waals surface area contributed by atoms with Crippen molar-refractivity contribution in [3.8, 4) is 6.07 Å². The molecule has 3 rings (SSSR count). The maximum Gasteiger partial charge on any atom is 0.114 e. The molecule has 3 nitrogen and oxygen atoms in total. The lowest BCUT2D eigenvalue weighted by atomic mass is 9.78. The molecule has 3 aliphatic heterocycles. The molecule has 0 aromatic heterocycles. The summed E-state index contributed by atoms with van der Waals surface area (Å²) < 4.78 is 0. The molecule has 3 heterocycles. The van der Waals surface area contributed by atoms with Gasteiger partial charge < -0.3 is 4.90 Å². The number of fused-ring (bicyclic) bond motifs is 2. The van der Waals surface area contributed by atoms with Crippen molar-refractivity contribution in [3.63, 3.8) is 0 Å². The van der Waals surface area contributed by atoms with Crippen LogP contribution in [-0.4, -0.2) is 48.1 Å². The van der Waals surface area contributed by atoms with Crippen molar-refractivity contribution in [3.05, 3.63) is 0 Å². The van der Waals surface area contributed by atoms with Gasteiger partial charge in [-0.25, -0.2) is 0 Å². The van der Waals surface area contributed by atoms with Gasteiger partial charge in [0.15, 0.2) is 0 Å². The molecule has 0 N–H and O–H groups in total. The summed E-state index contributed by atoms with van der Waals surface area (Å²) >= 11 is 0. The minimum absolute atomic E-state index is 0.0937. The normalized spacial score (nSPS) is 45.5. The fraction of sp³-hybridized carbons (Fsp3) is 0.917. The van der Waals surface area contributed by atoms with Crippen LogP contribution in [0.25, 0.3) is 0 Å². The highest BCUT2D eigenvalue weighted by Gasteiger charge is 2.50. The van der Waals surface area contributed by atoms with Crippen molar-refractivity contribution in [2.45, 2.75) is 31.2 Å². The van der Waals surface area contributed by atoms with Crippen LogP contribution in [0.4, 0.5) is 0 Å². The van der Waals surface area contributed by atoms with Gasteiger partial charge in [0.25, 0.3) is 0 Å². The van der Waals surface area contributed by atoms with Gasteiger partial charge in [-0.3, -0.25) is 4.90 Å². The highest BCUT2D eigenvalue weighted by atomic mass is 15.3. The Bertz CT molecular complexity index is 286. The number of likely N-dealkylation sites (tertiary alicyclic amines) is 1. The molecule has 3 aliphatic rings. The Morgan fingerprint density at radius 3 is 2.67 bits per heavy atom. The van der Waals surface area contributed by atoms with Crippen LogP contribution < -0.4 is 0 Å². The first-order valence-corrected chi connectivity index (χ1v) is 6.24. The van der Waals surface area contributed by atoms with Crippen LogP contribution in [-0.2, 0) is 0 Å². The highest BCUT2D eigenvalue weighted by molar-refractivity contribution is 5.17. The van der Waals surface area contributed by atoms with E-state index in [0.717, 1.165) is 26.1 Å². The van der Waals surface area contributed by atoms with E-state index in [2.05, 4.69) is 15.9 Å². The van der Waals surface area contributed by atoms with Crippen molar-refractivity contribution >= 4 is 0 Å². The predicted molar refractivity (Wildman–Crippen MR) is 58.3 cm³/mol. The van der Waals surface area contributed by atoms with Gasteiger partial charge in [0, 0.05) is 19.0 Å². The monoisotopic (exact) mass is 205 g/mol. The number of rotatable bonds is 1. The molecule has 3 heteroatoms. The Morgan fingerprint density at radius 2 is 1.93 bits per heavy atom. The lowest BCUT2D eigenvalue weighted by Gasteiger charge is -2.44. The third-order valence-electron chi connectivity index (χ3n) is 4.62. The number of nitrogens with zero attached hydrogens (tertiary/aromatic N) is 3. The molecule has 0 spiro atoms. The SMILES string of the molecule is N#CC1(N2CCCC2)CCN2CCC1C2. The van der Waals surface area contributed by atoms with E-state index in [-0.39, 0.29) is 5.54 Å². The Kier molecular flexibility index (Phi) is 2.22. The van der Waals surface area contributed by atoms with E-state index in [9.17, 15) is 5.26 Å². The average molecular weight is 205 g/mol. The van der Waals surface area contributed by atoms with Crippen LogP contribution in [0.3, 0.4) is 0 Å². The first-order valence-electron chi connectivity index (χ1n) is 6.24. The third kappa shape index (κ3) is 1.32. The quantitative estimate of drug-likeness (QED) is 0.641. The van der Waals surface area contributed by atoms with E-state index in [1.807, 2.05) is 0 Å². The van der Waals surface area contributed by atoms with Gasteiger partial charge in [-0.1, -0.05) is 0 Å². The van der Waals surface area contributed by atoms with Crippen LogP contribution in [0.2, 0.25) is 0 Å². The lowest BCUT2D eigenvalue weighted by molar-refractivity contribution is 0.0645. The molecule has 3 atom stereocenters. The summed E-state index contributed by atoms with van der Waals surface area (Å²) in [6, 6.07) is 2.69. The second-order valence-corrected chi connectivity index (χ2v) is 5.27. The van der Waals surface area contributed by atoms with Crippen molar-refractivity contribution in [1.82, 2.24) is 9.80 Å². The zero-order chi connectivity index (χ0) is 10.3. The molecule has 2 bridgehead atoms.